The molecule has 4 saturated carbocycles. The van der Waals surface area contributed by atoms with Gasteiger partial charge < -0.3 is 10.2 Å². The lowest BCUT2D eigenvalue weighted by atomic mass is 9.49. The van der Waals surface area contributed by atoms with Crippen LogP contribution in [0.5, 0.6) is 0 Å². The Hall–Kier alpha value is -0.410. The topological polar surface area (TPSA) is 57.5 Å². The molecule has 0 aromatic carbocycles. The van der Waals surface area contributed by atoms with Gasteiger partial charge in [0.25, 0.3) is 0 Å². The van der Waals surface area contributed by atoms with Gasteiger partial charge in [-0.15, -0.1) is 0 Å². The van der Waals surface area contributed by atoms with Crippen molar-refractivity contribution < 1.29 is 15.0 Å². The Morgan fingerprint density at radius 2 is 1.79 bits per heavy atom. The first kappa shape index (κ1) is 20.8. The fourth-order valence-electron chi connectivity index (χ4n) is 8.07. The molecule has 0 spiro atoms. The number of carbonyl (C=O) groups excluding carboxylic acids is 1. The van der Waals surface area contributed by atoms with Crippen LogP contribution >= 0.6 is 0 Å². The molecule has 28 heavy (non-hydrogen) atoms. The quantitative estimate of drug-likeness (QED) is 0.696. The molecule has 4 aliphatic rings. The van der Waals surface area contributed by atoms with E-state index in [1.54, 1.807) is 0 Å². The van der Waals surface area contributed by atoms with Gasteiger partial charge in [-0.05, 0) is 105 Å². The Labute approximate surface area is 171 Å². The van der Waals surface area contributed by atoms with Gasteiger partial charge in [-0.1, -0.05) is 20.8 Å². The third kappa shape index (κ3) is 3.71. The Morgan fingerprint density at radius 1 is 1.04 bits per heavy atom. The van der Waals surface area contributed by atoms with Crippen LogP contribution in [0, 0.1) is 46.8 Å². The van der Waals surface area contributed by atoms with E-state index >= 15 is 0 Å². The van der Waals surface area contributed by atoms with E-state index in [9.17, 15) is 15.0 Å². The summed E-state index contributed by atoms with van der Waals surface area (Å²) in [6, 6.07) is 0. The largest absolute Gasteiger partial charge is 0.393 e. The van der Waals surface area contributed by atoms with Crippen molar-refractivity contribution >= 4 is 5.78 Å². The molecule has 4 rings (SSSR count). The van der Waals surface area contributed by atoms with E-state index in [-0.39, 0.29) is 23.5 Å². The highest BCUT2D eigenvalue weighted by atomic mass is 16.3. The number of rotatable bonds is 5. The third-order valence-corrected chi connectivity index (χ3v) is 9.49. The van der Waals surface area contributed by atoms with Crippen LogP contribution in [0.25, 0.3) is 0 Å². The normalized spacial score (nSPS) is 46.8. The fourth-order valence-corrected chi connectivity index (χ4v) is 8.07. The van der Waals surface area contributed by atoms with Crippen LogP contribution in [0.15, 0.2) is 0 Å². The van der Waals surface area contributed by atoms with Gasteiger partial charge in [0.05, 0.1) is 12.2 Å². The van der Waals surface area contributed by atoms with Gasteiger partial charge in [-0.2, -0.15) is 0 Å². The van der Waals surface area contributed by atoms with Crippen LogP contribution < -0.4 is 0 Å². The molecular weight excluding hydrogens is 348 g/mol. The third-order valence-electron chi connectivity index (χ3n) is 9.49. The average molecular weight is 391 g/mol. The minimum atomic E-state index is -0.202. The first-order valence-electron chi connectivity index (χ1n) is 12.2. The maximum Gasteiger partial charge on any atom is 0.137 e. The summed E-state index contributed by atoms with van der Waals surface area (Å²) in [7, 11) is 0. The van der Waals surface area contributed by atoms with Crippen molar-refractivity contribution in [3.05, 3.63) is 0 Å². The van der Waals surface area contributed by atoms with E-state index in [2.05, 4.69) is 20.8 Å². The zero-order valence-electron chi connectivity index (χ0n) is 18.3. The molecule has 0 bridgehead atoms. The van der Waals surface area contributed by atoms with E-state index in [1.165, 1.54) is 25.7 Å². The summed E-state index contributed by atoms with van der Waals surface area (Å²) < 4.78 is 0. The average Bonchev–Trinajstić information content (AvgIpc) is 2.95. The van der Waals surface area contributed by atoms with Crippen molar-refractivity contribution in [1.29, 1.82) is 0 Å². The summed E-state index contributed by atoms with van der Waals surface area (Å²) in [6.07, 6.45) is 11.0. The van der Waals surface area contributed by atoms with Gasteiger partial charge in [0, 0.05) is 12.3 Å². The van der Waals surface area contributed by atoms with Crippen LogP contribution in [0.1, 0.15) is 91.4 Å². The van der Waals surface area contributed by atoms with Gasteiger partial charge in [0.1, 0.15) is 5.78 Å². The van der Waals surface area contributed by atoms with Gasteiger partial charge in [-0.25, -0.2) is 0 Å². The molecule has 160 valence electrons. The van der Waals surface area contributed by atoms with Crippen molar-refractivity contribution in [2.24, 2.45) is 46.8 Å². The molecule has 0 saturated heterocycles. The van der Waals surface area contributed by atoms with Crippen LogP contribution in [-0.4, -0.2) is 28.2 Å². The molecule has 4 fully saturated rings. The van der Waals surface area contributed by atoms with E-state index < -0.39 is 0 Å². The number of fused-ring (bicyclic) bond motifs is 5. The summed E-state index contributed by atoms with van der Waals surface area (Å²) in [5, 5.41) is 20.7. The minimum absolute atomic E-state index is 0.109. The molecular formula is C25H42O3. The van der Waals surface area contributed by atoms with Crippen LogP contribution in [-0.2, 0) is 4.79 Å². The SMILES string of the molecule is CC(C)CCC(O)CC1CCC2[C@@H]3CCC4C[C@@H](O)CCC4C3C(=O)C[C@]12C. The summed E-state index contributed by atoms with van der Waals surface area (Å²) in [4.78, 5) is 13.4. The lowest BCUT2D eigenvalue weighted by Crippen LogP contribution is -2.53. The summed E-state index contributed by atoms with van der Waals surface area (Å²) in [5.74, 6) is 4.31. The fraction of sp³-hybridized carbons (Fsp3) is 0.960. The van der Waals surface area contributed by atoms with Crippen LogP contribution in [0.2, 0.25) is 0 Å². The molecule has 0 aromatic rings. The van der Waals surface area contributed by atoms with Crippen molar-refractivity contribution in [3.63, 3.8) is 0 Å². The summed E-state index contributed by atoms with van der Waals surface area (Å²) in [6.45, 7) is 6.83. The Balaban J connectivity index is 1.46. The number of Topliss-reactive ketones (excluding diaryl/α,β-unsaturated/α-hetero) is 1. The van der Waals surface area contributed by atoms with Crippen molar-refractivity contribution in [2.75, 3.05) is 0 Å². The maximum absolute atomic E-state index is 13.4. The molecule has 0 amide bonds. The molecule has 3 nitrogen and oxygen atoms in total. The number of hydrogen-bond donors (Lipinski definition) is 2. The van der Waals surface area contributed by atoms with Crippen LogP contribution in [0.3, 0.4) is 0 Å². The Morgan fingerprint density at radius 3 is 2.54 bits per heavy atom. The lowest BCUT2D eigenvalue weighted by molar-refractivity contribution is -0.148. The zero-order valence-corrected chi connectivity index (χ0v) is 18.3. The van der Waals surface area contributed by atoms with Crippen molar-refractivity contribution in [3.8, 4) is 0 Å². The standard InChI is InChI=1S/C25H42O3/c1-15(2)4-7-19(27)13-17-6-11-22-21-9-5-16-12-18(26)8-10-20(16)24(21)23(28)14-25(17,22)3/h15-22,24,26-27H,4-14H2,1-3H3/t16?,17?,18-,19?,20?,21-,22?,24?,25+/m0/s1. The number of ketones is 1. The first-order chi connectivity index (χ1) is 13.3. The number of aliphatic hydroxyl groups excluding tert-OH is 2. The maximum atomic E-state index is 13.4. The molecule has 0 heterocycles. The lowest BCUT2D eigenvalue weighted by Gasteiger charge is -2.55. The van der Waals surface area contributed by atoms with Gasteiger partial charge in [0.15, 0.2) is 0 Å². The Bertz CT molecular complexity index is 572. The molecule has 3 heteroatoms. The second kappa shape index (κ2) is 8.02. The van der Waals surface area contributed by atoms with Gasteiger partial charge in [-0.3, -0.25) is 4.79 Å². The highest BCUT2D eigenvalue weighted by Gasteiger charge is 2.59. The summed E-state index contributed by atoms with van der Waals surface area (Å²) in [5.41, 5.74) is 0.109. The number of carbonyl (C=O) groups is 1. The molecule has 0 radical (unpaired) electrons. The molecule has 0 aromatic heterocycles. The van der Waals surface area contributed by atoms with Gasteiger partial charge in [0.2, 0.25) is 0 Å². The van der Waals surface area contributed by atoms with Crippen LogP contribution in [0.4, 0.5) is 0 Å². The predicted molar refractivity (Wildman–Crippen MR) is 112 cm³/mol. The molecule has 6 unspecified atom stereocenters. The Kier molecular flexibility index (Phi) is 5.97. The van der Waals surface area contributed by atoms with E-state index in [0.29, 0.717) is 41.3 Å². The highest BCUT2D eigenvalue weighted by Crippen LogP contribution is 2.63. The first-order valence-corrected chi connectivity index (χ1v) is 12.2. The smallest absolute Gasteiger partial charge is 0.137 e. The van der Waals surface area contributed by atoms with E-state index in [0.717, 1.165) is 44.9 Å². The van der Waals surface area contributed by atoms with Crippen molar-refractivity contribution in [1.82, 2.24) is 0 Å². The van der Waals surface area contributed by atoms with Crippen molar-refractivity contribution in [2.45, 2.75) is 104 Å². The molecule has 9 atom stereocenters. The predicted octanol–water partition coefficient (Wildman–Crippen LogP) is 4.98. The zero-order chi connectivity index (χ0) is 20.1. The monoisotopic (exact) mass is 390 g/mol. The van der Waals surface area contributed by atoms with E-state index in [1.807, 2.05) is 0 Å². The van der Waals surface area contributed by atoms with Gasteiger partial charge >= 0.3 is 0 Å². The minimum Gasteiger partial charge on any atom is -0.393 e. The second-order valence-electron chi connectivity index (χ2n) is 11.5. The number of aliphatic hydroxyl groups is 2. The second-order valence-corrected chi connectivity index (χ2v) is 11.5. The molecule has 4 aliphatic carbocycles. The summed E-state index contributed by atoms with van der Waals surface area (Å²) >= 11 is 0. The highest BCUT2D eigenvalue weighted by molar-refractivity contribution is 5.83. The molecule has 0 aliphatic heterocycles. The van der Waals surface area contributed by atoms with E-state index in [4.69, 9.17) is 0 Å². The molecule has 2 N–H and O–H groups in total. The number of hydrogen-bond acceptors (Lipinski definition) is 3.